The fourth-order valence-electron chi connectivity index (χ4n) is 2.74. The number of hydrogen-bond donors (Lipinski definition) is 0. The number of rotatable bonds is 6. The number of methoxy groups -OCH3 is 1. The van der Waals surface area contributed by atoms with Crippen molar-refractivity contribution in [3.8, 4) is 0 Å². The van der Waals surface area contributed by atoms with Crippen molar-refractivity contribution in [3.63, 3.8) is 0 Å². The molecule has 3 amide bonds. The van der Waals surface area contributed by atoms with Crippen molar-refractivity contribution in [1.82, 2.24) is 9.47 Å². The first-order valence-corrected chi connectivity index (χ1v) is 8.90. The minimum absolute atomic E-state index is 0.0613. The molecule has 2 aromatic rings. The van der Waals surface area contributed by atoms with Gasteiger partial charge in [-0.15, -0.1) is 0 Å². The Hall–Kier alpha value is -2.92. The minimum atomic E-state index is -0.633. The van der Waals surface area contributed by atoms with Gasteiger partial charge in [0, 0.05) is 38.6 Å². The number of benzene rings is 1. The molecule has 0 radical (unpaired) electrons. The third-order valence-electron chi connectivity index (χ3n) is 4.06. The Morgan fingerprint density at radius 3 is 2.67 bits per heavy atom. The average molecular weight is 392 g/mol. The molecule has 0 unspecified atom stereocenters. The van der Waals surface area contributed by atoms with Crippen molar-refractivity contribution >= 4 is 45.0 Å². The summed E-state index contributed by atoms with van der Waals surface area (Å²) in [5.74, 6) is -1.41. The Morgan fingerprint density at radius 2 is 2.04 bits per heavy atom. The van der Waals surface area contributed by atoms with E-state index >= 15 is 0 Å². The van der Waals surface area contributed by atoms with Crippen LogP contribution in [0, 0.1) is 10.1 Å². The number of imide groups is 1. The summed E-state index contributed by atoms with van der Waals surface area (Å²) in [6.45, 7) is 0.339. The number of likely N-dealkylation sites (tertiary alicyclic amines) is 1. The molecule has 11 heteroatoms. The lowest BCUT2D eigenvalue weighted by atomic mass is 10.3. The predicted molar refractivity (Wildman–Crippen MR) is 94.9 cm³/mol. The fraction of sp³-hybridized carbons (Fsp3) is 0.375. The van der Waals surface area contributed by atoms with Gasteiger partial charge in [-0.05, 0) is 6.07 Å². The van der Waals surface area contributed by atoms with Crippen molar-refractivity contribution < 1.29 is 24.0 Å². The molecule has 0 spiro atoms. The number of carbonyl (C=O) groups is 3. The zero-order chi connectivity index (χ0) is 19.6. The van der Waals surface area contributed by atoms with E-state index in [-0.39, 0.29) is 30.3 Å². The third-order valence-corrected chi connectivity index (χ3v) is 5.11. The molecule has 0 aliphatic carbocycles. The molecule has 27 heavy (non-hydrogen) atoms. The predicted octanol–water partition coefficient (Wildman–Crippen LogP) is 0.834. The normalized spacial score (nSPS) is 15.1. The molecular formula is C16H16N4O6S. The van der Waals surface area contributed by atoms with Gasteiger partial charge in [-0.1, -0.05) is 11.3 Å². The van der Waals surface area contributed by atoms with Gasteiger partial charge in [0.05, 0.1) is 21.7 Å². The Balaban J connectivity index is 1.98. The van der Waals surface area contributed by atoms with Crippen LogP contribution < -0.4 is 4.80 Å². The van der Waals surface area contributed by atoms with Crippen molar-refractivity contribution in [2.45, 2.75) is 19.4 Å². The van der Waals surface area contributed by atoms with E-state index in [9.17, 15) is 24.5 Å². The van der Waals surface area contributed by atoms with E-state index in [0.717, 1.165) is 16.2 Å². The molecule has 1 aromatic heterocycles. The highest BCUT2D eigenvalue weighted by molar-refractivity contribution is 7.16. The van der Waals surface area contributed by atoms with Gasteiger partial charge in [-0.3, -0.25) is 29.4 Å². The van der Waals surface area contributed by atoms with Crippen molar-refractivity contribution in [2.24, 2.45) is 4.99 Å². The number of nitro groups is 1. The largest absolute Gasteiger partial charge is 0.383 e. The molecule has 2 heterocycles. The number of fused-ring (bicyclic) bond motifs is 1. The van der Waals surface area contributed by atoms with Crippen LogP contribution in [0.1, 0.15) is 12.8 Å². The van der Waals surface area contributed by atoms with Crippen LogP contribution in [0.5, 0.6) is 0 Å². The van der Waals surface area contributed by atoms with E-state index < -0.39 is 17.4 Å². The summed E-state index contributed by atoms with van der Waals surface area (Å²) >= 11 is 1.12. The summed E-state index contributed by atoms with van der Waals surface area (Å²) < 4.78 is 7.39. The standard InChI is InChI=1S/C16H16N4O6S/c1-26-7-6-18-11-3-2-10(20(24)25)8-12(11)27-16(18)17-13(21)9-19-14(22)4-5-15(19)23/h2-3,8H,4-7,9H2,1H3. The minimum Gasteiger partial charge on any atom is -0.383 e. The second-order valence-corrected chi connectivity index (χ2v) is 6.83. The molecule has 10 nitrogen and oxygen atoms in total. The molecule has 1 aromatic carbocycles. The quantitative estimate of drug-likeness (QED) is 0.407. The van der Waals surface area contributed by atoms with Gasteiger partial charge in [0.25, 0.3) is 11.6 Å². The van der Waals surface area contributed by atoms with E-state index in [0.29, 0.717) is 28.2 Å². The molecule has 142 valence electrons. The van der Waals surface area contributed by atoms with Gasteiger partial charge in [-0.2, -0.15) is 4.99 Å². The monoisotopic (exact) mass is 392 g/mol. The van der Waals surface area contributed by atoms with Crippen molar-refractivity contribution in [1.29, 1.82) is 0 Å². The van der Waals surface area contributed by atoms with Crippen LogP contribution in [0.25, 0.3) is 10.2 Å². The average Bonchev–Trinajstić information content (AvgIpc) is 3.13. The molecule has 0 atom stereocenters. The Morgan fingerprint density at radius 1 is 1.33 bits per heavy atom. The lowest BCUT2D eigenvalue weighted by Crippen LogP contribution is -2.34. The summed E-state index contributed by atoms with van der Waals surface area (Å²) in [4.78, 5) is 51.3. The molecule has 1 fully saturated rings. The fourth-order valence-corrected chi connectivity index (χ4v) is 3.84. The highest BCUT2D eigenvalue weighted by Crippen LogP contribution is 2.23. The first-order valence-electron chi connectivity index (χ1n) is 8.08. The Bertz CT molecular complexity index is 992. The summed E-state index contributed by atoms with van der Waals surface area (Å²) in [5.41, 5.74) is 0.622. The van der Waals surface area contributed by atoms with E-state index in [1.807, 2.05) is 0 Å². The van der Waals surface area contributed by atoms with Gasteiger partial charge < -0.3 is 9.30 Å². The molecule has 3 rings (SSSR count). The molecule has 1 aliphatic heterocycles. The Kier molecular flexibility index (Phi) is 5.42. The lowest BCUT2D eigenvalue weighted by Gasteiger charge is -2.10. The highest BCUT2D eigenvalue weighted by Gasteiger charge is 2.30. The maximum absolute atomic E-state index is 12.3. The van der Waals surface area contributed by atoms with Crippen LogP contribution in [-0.2, 0) is 25.7 Å². The number of nitrogens with zero attached hydrogens (tertiary/aromatic N) is 4. The van der Waals surface area contributed by atoms with Crippen molar-refractivity contribution in [3.05, 3.63) is 33.1 Å². The maximum Gasteiger partial charge on any atom is 0.270 e. The van der Waals surface area contributed by atoms with E-state index in [2.05, 4.69) is 4.99 Å². The smallest absolute Gasteiger partial charge is 0.270 e. The number of ether oxygens (including phenoxy) is 1. The third kappa shape index (κ3) is 3.93. The van der Waals surface area contributed by atoms with Crippen LogP contribution in [0.3, 0.4) is 0 Å². The van der Waals surface area contributed by atoms with Crippen LogP contribution in [0.2, 0.25) is 0 Å². The second kappa shape index (κ2) is 7.76. The van der Waals surface area contributed by atoms with E-state index in [1.54, 1.807) is 10.6 Å². The highest BCUT2D eigenvalue weighted by atomic mass is 32.1. The van der Waals surface area contributed by atoms with Gasteiger partial charge in [0.2, 0.25) is 11.8 Å². The first-order chi connectivity index (χ1) is 12.9. The van der Waals surface area contributed by atoms with Crippen LogP contribution >= 0.6 is 11.3 Å². The molecule has 1 saturated heterocycles. The molecule has 1 aliphatic rings. The van der Waals surface area contributed by atoms with Gasteiger partial charge in [-0.25, -0.2) is 0 Å². The summed E-state index contributed by atoms with van der Waals surface area (Å²) in [6.07, 6.45) is 0.207. The zero-order valence-electron chi connectivity index (χ0n) is 14.4. The van der Waals surface area contributed by atoms with Gasteiger partial charge in [0.15, 0.2) is 4.80 Å². The SMILES string of the molecule is COCCn1c(=NC(=O)CN2C(=O)CCC2=O)sc2cc([N+](=O)[O-])ccc21. The number of amides is 3. The van der Waals surface area contributed by atoms with Crippen LogP contribution in [0.4, 0.5) is 5.69 Å². The summed E-state index contributed by atoms with van der Waals surface area (Å²) in [6, 6.07) is 4.39. The van der Waals surface area contributed by atoms with Crippen molar-refractivity contribution in [2.75, 3.05) is 20.3 Å². The number of non-ortho nitro benzene ring substituents is 1. The lowest BCUT2D eigenvalue weighted by molar-refractivity contribution is -0.384. The molecule has 0 bridgehead atoms. The number of nitro benzene ring substituents is 1. The van der Waals surface area contributed by atoms with Crippen LogP contribution in [-0.4, -0.2) is 52.4 Å². The maximum atomic E-state index is 12.3. The number of carbonyl (C=O) groups excluding carboxylic acids is 3. The summed E-state index contributed by atoms with van der Waals surface area (Å²) in [5, 5.41) is 11.0. The number of hydrogen-bond acceptors (Lipinski definition) is 7. The van der Waals surface area contributed by atoms with Gasteiger partial charge in [0.1, 0.15) is 6.54 Å². The summed E-state index contributed by atoms with van der Waals surface area (Å²) in [7, 11) is 1.53. The molecule has 0 N–H and O–H groups in total. The zero-order valence-corrected chi connectivity index (χ0v) is 15.2. The van der Waals surface area contributed by atoms with Gasteiger partial charge >= 0.3 is 0 Å². The van der Waals surface area contributed by atoms with E-state index in [4.69, 9.17) is 4.74 Å². The number of aromatic nitrogens is 1. The Labute approximate surface area is 156 Å². The number of thiazole rings is 1. The second-order valence-electron chi connectivity index (χ2n) is 5.82. The molecular weight excluding hydrogens is 376 g/mol. The van der Waals surface area contributed by atoms with Crippen LogP contribution in [0.15, 0.2) is 23.2 Å². The van der Waals surface area contributed by atoms with E-state index in [1.165, 1.54) is 19.2 Å². The first kappa shape index (κ1) is 18.9. The topological polar surface area (TPSA) is 124 Å². The molecule has 0 saturated carbocycles.